The lowest BCUT2D eigenvalue weighted by Crippen LogP contribution is -2.41. The number of pyridine rings is 1. The summed E-state index contributed by atoms with van der Waals surface area (Å²) in [5, 5.41) is 11.8. The van der Waals surface area contributed by atoms with Gasteiger partial charge in [-0.3, -0.25) is 4.79 Å². The Morgan fingerprint density at radius 3 is 3.00 bits per heavy atom. The van der Waals surface area contributed by atoms with Crippen molar-refractivity contribution < 1.29 is 14.7 Å². The van der Waals surface area contributed by atoms with Crippen LogP contribution in [0.2, 0.25) is 0 Å². The average Bonchev–Trinajstić information content (AvgIpc) is 2.87. The van der Waals surface area contributed by atoms with E-state index in [-0.39, 0.29) is 5.91 Å². The summed E-state index contributed by atoms with van der Waals surface area (Å²) in [4.78, 5) is 28.6. The minimum absolute atomic E-state index is 0.299. The third-order valence-electron chi connectivity index (χ3n) is 2.75. The fourth-order valence-corrected chi connectivity index (χ4v) is 1.88. The molecule has 2 heterocycles. The first-order valence-electron chi connectivity index (χ1n) is 5.48. The van der Waals surface area contributed by atoms with Gasteiger partial charge in [0, 0.05) is 19.8 Å². The van der Waals surface area contributed by atoms with Crippen molar-refractivity contribution in [1.82, 2.24) is 9.88 Å². The number of anilines is 1. The second-order valence-corrected chi connectivity index (χ2v) is 3.82. The number of hydrogen-bond donors (Lipinski definition) is 2. The van der Waals surface area contributed by atoms with Crippen LogP contribution >= 0.6 is 0 Å². The van der Waals surface area contributed by atoms with E-state index in [9.17, 15) is 9.59 Å². The molecule has 0 saturated heterocycles. The summed E-state index contributed by atoms with van der Waals surface area (Å²) < 4.78 is 0. The van der Waals surface area contributed by atoms with Crippen LogP contribution in [0.25, 0.3) is 0 Å². The third kappa shape index (κ3) is 2.04. The molecule has 0 unspecified atom stereocenters. The molecule has 0 aliphatic carbocycles. The summed E-state index contributed by atoms with van der Waals surface area (Å²) in [6.45, 7) is 0.299. The number of hydrogen-bond acceptors (Lipinski definition) is 4. The third-order valence-corrected chi connectivity index (χ3v) is 2.75. The van der Waals surface area contributed by atoms with E-state index in [0.717, 1.165) is 0 Å². The van der Waals surface area contributed by atoms with Crippen molar-refractivity contribution in [1.29, 1.82) is 0 Å². The summed E-state index contributed by atoms with van der Waals surface area (Å²) >= 11 is 0. The molecule has 2 rings (SSSR count). The van der Waals surface area contributed by atoms with E-state index in [1.165, 1.54) is 11.0 Å². The Morgan fingerprint density at radius 1 is 1.56 bits per heavy atom. The fourth-order valence-electron chi connectivity index (χ4n) is 1.88. The van der Waals surface area contributed by atoms with E-state index < -0.39 is 12.0 Å². The lowest BCUT2D eigenvalue weighted by atomic mass is 10.2. The van der Waals surface area contributed by atoms with Gasteiger partial charge in [-0.25, -0.2) is 9.78 Å². The predicted octanol–water partition coefficient (Wildman–Crippen LogP) is 0.589. The molecule has 0 spiro atoms. The summed E-state index contributed by atoms with van der Waals surface area (Å²) in [5.41, 5.74) is 0.370. The fraction of sp³-hybridized carbons (Fsp3) is 0.250. The number of carboxylic acids is 1. The van der Waals surface area contributed by atoms with Crippen LogP contribution in [0.1, 0.15) is 10.4 Å². The zero-order valence-corrected chi connectivity index (χ0v) is 9.83. The molecule has 0 radical (unpaired) electrons. The van der Waals surface area contributed by atoms with Gasteiger partial charge in [-0.15, -0.1) is 0 Å². The molecular formula is C12H13N3O3. The van der Waals surface area contributed by atoms with Gasteiger partial charge in [0.2, 0.25) is 0 Å². The highest BCUT2D eigenvalue weighted by atomic mass is 16.4. The van der Waals surface area contributed by atoms with Crippen LogP contribution in [0.4, 0.5) is 5.82 Å². The summed E-state index contributed by atoms with van der Waals surface area (Å²) in [5.74, 6) is -0.935. The van der Waals surface area contributed by atoms with Crippen LogP contribution < -0.4 is 5.32 Å². The molecule has 0 fully saturated rings. The van der Waals surface area contributed by atoms with E-state index in [2.05, 4.69) is 10.3 Å². The maximum Gasteiger partial charge on any atom is 0.330 e. The molecule has 2 N–H and O–H groups in total. The van der Waals surface area contributed by atoms with Crippen LogP contribution in [0.15, 0.2) is 30.5 Å². The lowest BCUT2D eigenvalue weighted by molar-refractivity contribution is -0.140. The molecule has 1 aliphatic rings. The first-order chi connectivity index (χ1) is 8.65. The number of carbonyl (C=O) groups excluding carboxylic acids is 1. The van der Waals surface area contributed by atoms with Crippen LogP contribution in [-0.2, 0) is 4.79 Å². The Kier molecular flexibility index (Phi) is 3.27. The Bertz CT molecular complexity index is 513. The van der Waals surface area contributed by atoms with Crippen molar-refractivity contribution in [2.75, 3.05) is 18.9 Å². The minimum atomic E-state index is -1.04. The quantitative estimate of drug-likeness (QED) is 0.764. The van der Waals surface area contributed by atoms with Crippen molar-refractivity contribution in [2.24, 2.45) is 0 Å². The van der Waals surface area contributed by atoms with Gasteiger partial charge in [-0.2, -0.15) is 0 Å². The van der Waals surface area contributed by atoms with E-state index in [1.807, 2.05) is 0 Å². The smallest absolute Gasteiger partial charge is 0.330 e. The van der Waals surface area contributed by atoms with Crippen LogP contribution in [0, 0.1) is 0 Å². The highest BCUT2D eigenvalue weighted by molar-refractivity contribution is 6.01. The maximum absolute atomic E-state index is 12.3. The van der Waals surface area contributed by atoms with Gasteiger partial charge >= 0.3 is 5.97 Å². The number of aliphatic carboxylic acids is 1. The molecule has 6 heteroatoms. The Morgan fingerprint density at radius 2 is 2.33 bits per heavy atom. The number of carbonyl (C=O) groups is 2. The second kappa shape index (κ2) is 4.87. The van der Waals surface area contributed by atoms with Gasteiger partial charge in [-0.1, -0.05) is 12.2 Å². The topological polar surface area (TPSA) is 82.5 Å². The SMILES string of the molecule is CNc1ncccc1C(=O)N1CC=C[C@H]1C(=O)O. The maximum atomic E-state index is 12.3. The van der Waals surface area contributed by atoms with Crippen molar-refractivity contribution >= 4 is 17.7 Å². The monoisotopic (exact) mass is 247 g/mol. The Balaban J connectivity index is 2.29. The molecule has 1 amide bonds. The van der Waals surface area contributed by atoms with Crippen molar-refractivity contribution in [3.8, 4) is 0 Å². The molecule has 0 saturated carbocycles. The number of aromatic nitrogens is 1. The molecule has 1 aromatic rings. The second-order valence-electron chi connectivity index (χ2n) is 3.82. The van der Waals surface area contributed by atoms with Crippen LogP contribution in [0.3, 0.4) is 0 Å². The molecule has 6 nitrogen and oxygen atoms in total. The number of rotatable bonds is 3. The normalized spacial score (nSPS) is 17.8. The molecule has 1 aliphatic heterocycles. The molecule has 18 heavy (non-hydrogen) atoms. The van der Waals surface area contributed by atoms with E-state index in [4.69, 9.17) is 5.11 Å². The zero-order valence-electron chi connectivity index (χ0n) is 9.83. The van der Waals surface area contributed by atoms with E-state index in [0.29, 0.717) is 17.9 Å². The molecule has 1 atom stereocenters. The first kappa shape index (κ1) is 12.1. The standard InChI is InChI=1S/C12H13N3O3/c1-13-10-8(4-2-6-14-10)11(16)15-7-3-5-9(15)12(17)18/h2-6,9H,7H2,1H3,(H,13,14)(H,17,18)/t9-/m0/s1. The van der Waals surface area contributed by atoms with Gasteiger partial charge in [0.05, 0.1) is 5.56 Å². The molecule has 94 valence electrons. The van der Waals surface area contributed by atoms with Gasteiger partial charge < -0.3 is 15.3 Å². The van der Waals surface area contributed by atoms with Crippen molar-refractivity contribution in [2.45, 2.75) is 6.04 Å². The number of nitrogens with zero attached hydrogens (tertiary/aromatic N) is 2. The predicted molar refractivity (Wildman–Crippen MR) is 65.4 cm³/mol. The Labute approximate surface area is 104 Å². The molecular weight excluding hydrogens is 234 g/mol. The number of nitrogens with one attached hydrogen (secondary N) is 1. The van der Waals surface area contributed by atoms with Crippen LogP contribution in [-0.4, -0.2) is 46.5 Å². The lowest BCUT2D eigenvalue weighted by Gasteiger charge is -2.22. The number of carboxylic acid groups (broad SMARTS) is 1. The summed E-state index contributed by atoms with van der Waals surface area (Å²) in [7, 11) is 1.66. The van der Waals surface area contributed by atoms with Crippen molar-refractivity contribution in [3.63, 3.8) is 0 Å². The van der Waals surface area contributed by atoms with E-state index in [1.54, 1.807) is 31.5 Å². The van der Waals surface area contributed by atoms with Gasteiger partial charge in [0.25, 0.3) is 5.91 Å². The zero-order chi connectivity index (χ0) is 13.1. The largest absolute Gasteiger partial charge is 0.479 e. The van der Waals surface area contributed by atoms with Crippen LogP contribution in [0.5, 0.6) is 0 Å². The molecule has 0 aromatic carbocycles. The molecule has 0 bridgehead atoms. The average molecular weight is 247 g/mol. The first-order valence-corrected chi connectivity index (χ1v) is 5.48. The summed E-state index contributed by atoms with van der Waals surface area (Å²) in [6.07, 6.45) is 4.75. The van der Waals surface area contributed by atoms with Gasteiger partial charge in [0.1, 0.15) is 11.9 Å². The van der Waals surface area contributed by atoms with Gasteiger partial charge in [0.15, 0.2) is 0 Å². The minimum Gasteiger partial charge on any atom is -0.479 e. The Hall–Kier alpha value is -2.37. The van der Waals surface area contributed by atoms with E-state index >= 15 is 0 Å². The highest BCUT2D eigenvalue weighted by Gasteiger charge is 2.31. The highest BCUT2D eigenvalue weighted by Crippen LogP contribution is 2.18. The van der Waals surface area contributed by atoms with Crippen molar-refractivity contribution in [3.05, 3.63) is 36.0 Å². The molecule has 1 aromatic heterocycles. The van der Waals surface area contributed by atoms with Gasteiger partial charge in [-0.05, 0) is 12.1 Å². The number of amides is 1. The summed E-state index contributed by atoms with van der Waals surface area (Å²) in [6, 6.07) is 2.37.